The van der Waals surface area contributed by atoms with Crippen LogP contribution < -0.4 is 0 Å². The Morgan fingerprint density at radius 3 is 2.88 bits per heavy atom. The highest BCUT2D eigenvalue weighted by Crippen LogP contribution is 2.21. The summed E-state index contributed by atoms with van der Waals surface area (Å²) in [4.78, 5) is 17.2. The molecule has 0 radical (unpaired) electrons. The SMILES string of the molecule is CN(C)Cc1c(C(=O)O)nc2c(Br)cccn12. The zero-order chi connectivity index (χ0) is 12.6. The Labute approximate surface area is 107 Å². The first-order chi connectivity index (χ1) is 8.00. The third kappa shape index (κ3) is 2.18. The van der Waals surface area contributed by atoms with Crippen molar-refractivity contribution in [2.24, 2.45) is 0 Å². The lowest BCUT2D eigenvalue weighted by molar-refractivity contribution is 0.0689. The van der Waals surface area contributed by atoms with Crippen molar-refractivity contribution in [1.29, 1.82) is 0 Å². The second-order valence-corrected chi connectivity index (χ2v) is 4.85. The van der Waals surface area contributed by atoms with Crippen molar-refractivity contribution in [3.63, 3.8) is 0 Å². The number of pyridine rings is 1. The van der Waals surface area contributed by atoms with Crippen LogP contribution in [-0.2, 0) is 6.54 Å². The van der Waals surface area contributed by atoms with Crippen molar-refractivity contribution in [1.82, 2.24) is 14.3 Å². The molecule has 0 aliphatic rings. The summed E-state index contributed by atoms with van der Waals surface area (Å²) in [5.41, 5.74) is 1.41. The highest BCUT2D eigenvalue weighted by Gasteiger charge is 2.19. The maximum atomic E-state index is 11.2. The van der Waals surface area contributed by atoms with Crippen LogP contribution in [0.25, 0.3) is 5.65 Å². The summed E-state index contributed by atoms with van der Waals surface area (Å²) in [6, 6.07) is 3.69. The Balaban J connectivity index is 2.71. The predicted molar refractivity (Wildman–Crippen MR) is 67.2 cm³/mol. The molecule has 0 aliphatic carbocycles. The van der Waals surface area contributed by atoms with Crippen molar-refractivity contribution in [2.75, 3.05) is 14.1 Å². The molecule has 0 atom stereocenters. The van der Waals surface area contributed by atoms with Gasteiger partial charge in [0.25, 0.3) is 0 Å². The third-order valence-electron chi connectivity index (χ3n) is 2.37. The van der Waals surface area contributed by atoms with Crippen LogP contribution in [0, 0.1) is 0 Å². The number of aromatic carboxylic acids is 1. The van der Waals surface area contributed by atoms with Gasteiger partial charge in [-0.2, -0.15) is 0 Å². The first-order valence-electron chi connectivity index (χ1n) is 5.04. The molecule has 17 heavy (non-hydrogen) atoms. The summed E-state index contributed by atoms with van der Waals surface area (Å²) in [5, 5.41) is 9.16. The van der Waals surface area contributed by atoms with E-state index < -0.39 is 5.97 Å². The second kappa shape index (κ2) is 4.46. The average Bonchev–Trinajstić information content (AvgIpc) is 2.58. The van der Waals surface area contributed by atoms with Crippen LogP contribution in [0.3, 0.4) is 0 Å². The zero-order valence-corrected chi connectivity index (χ0v) is 11.1. The minimum Gasteiger partial charge on any atom is -0.476 e. The average molecular weight is 298 g/mol. The third-order valence-corrected chi connectivity index (χ3v) is 2.99. The molecule has 2 rings (SSSR count). The standard InChI is InChI=1S/C11H12BrN3O2/c1-14(2)6-8-9(11(16)17)13-10-7(12)4-3-5-15(8)10/h3-5H,6H2,1-2H3,(H,16,17). The van der Waals surface area contributed by atoms with E-state index in [0.29, 0.717) is 17.9 Å². The van der Waals surface area contributed by atoms with E-state index in [1.54, 1.807) is 4.40 Å². The largest absolute Gasteiger partial charge is 0.476 e. The van der Waals surface area contributed by atoms with E-state index in [9.17, 15) is 4.79 Å². The first kappa shape index (κ1) is 12.1. The number of imidazole rings is 1. The van der Waals surface area contributed by atoms with Crippen LogP contribution in [0.2, 0.25) is 0 Å². The second-order valence-electron chi connectivity index (χ2n) is 4.00. The van der Waals surface area contributed by atoms with Crippen molar-refractivity contribution in [3.05, 3.63) is 34.2 Å². The van der Waals surface area contributed by atoms with Crippen LogP contribution in [0.5, 0.6) is 0 Å². The highest BCUT2D eigenvalue weighted by atomic mass is 79.9. The molecule has 0 saturated carbocycles. The van der Waals surface area contributed by atoms with Gasteiger partial charge in [0.1, 0.15) is 0 Å². The van der Waals surface area contributed by atoms with Gasteiger partial charge in [0.2, 0.25) is 0 Å². The van der Waals surface area contributed by atoms with E-state index >= 15 is 0 Å². The van der Waals surface area contributed by atoms with Gasteiger partial charge in [-0.3, -0.25) is 0 Å². The molecule has 6 heteroatoms. The van der Waals surface area contributed by atoms with Gasteiger partial charge in [0, 0.05) is 12.7 Å². The normalized spacial score (nSPS) is 11.3. The fraction of sp³-hybridized carbons (Fsp3) is 0.273. The molecule has 2 aromatic heterocycles. The molecule has 0 aliphatic heterocycles. The van der Waals surface area contributed by atoms with E-state index in [2.05, 4.69) is 20.9 Å². The molecule has 90 valence electrons. The summed E-state index contributed by atoms with van der Waals surface area (Å²) in [7, 11) is 3.78. The molecule has 1 N–H and O–H groups in total. The summed E-state index contributed by atoms with van der Waals surface area (Å²) < 4.78 is 2.58. The summed E-state index contributed by atoms with van der Waals surface area (Å²) in [6.07, 6.45) is 1.82. The quantitative estimate of drug-likeness (QED) is 0.939. The van der Waals surface area contributed by atoms with Crippen molar-refractivity contribution < 1.29 is 9.90 Å². The fourth-order valence-electron chi connectivity index (χ4n) is 1.71. The molecule has 5 nitrogen and oxygen atoms in total. The van der Waals surface area contributed by atoms with Gasteiger partial charge >= 0.3 is 5.97 Å². The molecule has 0 spiro atoms. The number of carbonyl (C=O) groups is 1. The molecule has 0 unspecified atom stereocenters. The van der Waals surface area contributed by atoms with Crippen molar-refractivity contribution in [2.45, 2.75) is 6.54 Å². The number of carboxylic acid groups (broad SMARTS) is 1. The number of rotatable bonds is 3. The maximum absolute atomic E-state index is 11.2. The first-order valence-corrected chi connectivity index (χ1v) is 5.83. The molecule has 0 saturated heterocycles. The van der Waals surface area contributed by atoms with Crippen molar-refractivity contribution in [3.8, 4) is 0 Å². The van der Waals surface area contributed by atoms with E-state index in [4.69, 9.17) is 5.11 Å². The van der Waals surface area contributed by atoms with Gasteiger partial charge in [-0.1, -0.05) is 0 Å². The lowest BCUT2D eigenvalue weighted by Crippen LogP contribution is -2.15. The Hall–Kier alpha value is -1.40. The Kier molecular flexibility index (Phi) is 3.17. The summed E-state index contributed by atoms with van der Waals surface area (Å²) in [6.45, 7) is 0.527. The number of carboxylic acids is 1. The number of aromatic nitrogens is 2. The number of hydrogen-bond donors (Lipinski definition) is 1. The monoisotopic (exact) mass is 297 g/mol. The van der Waals surface area contributed by atoms with Gasteiger partial charge in [-0.05, 0) is 42.2 Å². The van der Waals surface area contributed by atoms with Crippen LogP contribution in [0.15, 0.2) is 22.8 Å². The topological polar surface area (TPSA) is 57.8 Å². The molecule has 2 heterocycles. The van der Waals surface area contributed by atoms with E-state index in [1.807, 2.05) is 37.3 Å². The van der Waals surface area contributed by atoms with Crippen LogP contribution in [0.4, 0.5) is 0 Å². The lowest BCUT2D eigenvalue weighted by Gasteiger charge is -2.10. The zero-order valence-electron chi connectivity index (χ0n) is 9.51. The minimum atomic E-state index is -1.00. The number of hydrogen-bond acceptors (Lipinski definition) is 3. The number of halogens is 1. The van der Waals surface area contributed by atoms with E-state index in [1.165, 1.54) is 0 Å². The highest BCUT2D eigenvalue weighted by molar-refractivity contribution is 9.10. The molecular formula is C11H12BrN3O2. The summed E-state index contributed by atoms with van der Waals surface area (Å²) in [5.74, 6) is -1.00. The fourth-order valence-corrected chi connectivity index (χ4v) is 2.14. The molecule has 0 bridgehead atoms. The van der Waals surface area contributed by atoms with Gasteiger partial charge < -0.3 is 14.4 Å². The smallest absolute Gasteiger partial charge is 0.356 e. The van der Waals surface area contributed by atoms with Crippen molar-refractivity contribution >= 4 is 27.5 Å². The van der Waals surface area contributed by atoms with E-state index in [0.717, 1.165) is 4.47 Å². The van der Waals surface area contributed by atoms with Gasteiger partial charge in [0.15, 0.2) is 11.3 Å². The molecule has 0 fully saturated rings. The lowest BCUT2D eigenvalue weighted by atomic mass is 10.3. The Morgan fingerprint density at radius 2 is 2.29 bits per heavy atom. The Bertz CT molecular complexity index is 577. The molecule has 0 amide bonds. The van der Waals surface area contributed by atoms with Crippen LogP contribution in [0.1, 0.15) is 16.2 Å². The Morgan fingerprint density at radius 1 is 1.59 bits per heavy atom. The maximum Gasteiger partial charge on any atom is 0.356 e. The minimum absolute atomic E-state index is 0.102. The van der Waals surface area contributed by atoms with Crippen LogP contribution in [-0.4, -0.2) is 39.5 Å². The molecule has 2 aromatic rings. The van der Waals surface area contributed by atoms with E-state index in [-0.39, 0.29) is 5.69 Å². The molecule has 0 aromatic carbocycles. The van der Waals surface area contributed by atoms with Gasteiger partial charge in [-0.25, -0.2) is 9.78 Å². The number of fused-ring (bicyclic) bond motifs is 1. The van der Waals surface area contributed by atoms with Gasteiger partial charge in [-0.15, -0.1) is 0 Å². The molecular weight excluding hydrogens is 286 g/mol. The predicted octanol–water partition coefficient (Wildman–Crippen LogP) is 1.86. The van der Waals surface area contributed by atoms with Gasteiger partial charge in [0.05, 0.1) is 10.2 Å². The number of nitrogens with zero attached hydrogens (tertiary/aromatic N) is 3. The van der Waals surface area contributed by atoms with Crippen LogP contribution >= 0.6 is 15.9 Å². The summed E-state index contributed by atoms with van der Waals surface area (Å²) >= 11 is 3.37.